The fourth-order valence-electron chi connectivity index (χ4n) is 10.9. The number of imide groups is 1. The molecule has 3 fully saturated rings. The number of fused-ring (bicyclic) bond motifs is 4. The summed E-state index contributed by atoms with van der Waals surface area (Å²) in [7, 11) is 1.67. The largest absolute Gasteiger partial charge is 0.352 e. The van der Waals surface area contributed by atoms with E-state index in [0.717, 1.165) is 50.5 Å². The lowest BCUT2D eigenvalue weighted by atomic mass is 9.55. The number of nitrogens with zero attached hydrogens (tertiary/aromatic N) is 2. The van der Waals surface area contributed by atoms with E-state index in [1.807, 2.05) is 24.3 Å². The number of nitrogens with one attached hydrogen (secondary N) is 5. The van der Waals surface area contributed by atoms with Crippen molar-refractivity contribution >= 4 is 75.1 Å². The molecule has 4 aliphatic rings. The van der Waals surface area contributed by atoms with Gasteiger partial charge in [0, 0.05) is 53.4 Å². The number of carbonyl (C=O) groups excluding carboxylic acids is 5. The van der Waals surface area contributed by atoms with Crippen LogP contribution < -0.4 is 32.3 Å². The highest BCUT2D eigenvalue weighted by atomic mass is 35.5. The van der Waals surface area contributed by atoms with Gasteiger partial charge >= 0.3 is 5.69 Å². The zero-order chi connectivity index (χ0) is 44.9. The van der Waals surface area contributed by atoms with Crippen molar-refractivity contribution in [1.29, 1.82) is 0 Å². The van der Waals surface area contributed by atoms with Gasteiger partial charge in [-0.25, -0.2) is 9.18 Å². The number of benzene rings is 4. The van der Waals surface area contributed by atoms with Crippen LogP contribution in [0.3, 0.4) is 0 Å². The smallest absolute Gasteiger partial charge is 0.329 e. The summed E-state index contributed by atoms with van der Waals surface area (Å²) < 4.78 is 19.3. The van der Waals surface area contributed by atoms with Gasteiger partial charge in [-0.1, -0.05) is 79.2 Å². The summed E-state index contributed by atoms with van der Waals surface area (Å²) in [6.07, 6.45) is 7.33. The Kier molecular flexibility index (Phi) is 11.7. The standard InChI is InChI=1S/C48H48Cl2FN7O6/c1-57-37-24-27(15-18-35(37)58(46(57)64)36-19-20-38(59)55-43(36)61)10-4-2-7-23-52-42(60)28-11-8-12-30(25-28)53-44(62)41-39(31-13-9-14-33(50)40(31)51)48(47(56-41)21-5-3-6-22-47)32-17-16-29(49)26-34(32)54-45(48)63/h8-9,11-18,24-26,36,39,41,56H,2-7,10,19-23H2,1H3,(H,52,60)(H,53,62)(H,54,63)(H,55,59,61)/t36?,39-,41+,48+/m0/s1. The van der Waals surface area contributed by atoms with Crippen LogP contribution in [0.5, 0.6) is 0 Å². The molecule has 4 heterocycles. The highest BCUT2D eigenvalue weighted by Gasteiger charge is 2.72. The monoisotopic (exact) mass is 907 g/mol. The highest BCUT2D eigenvalue weighted by molar-refractivity contribution is 6.31. The summed E-state index contributed by atoms with van der Waals surface area (Å²) in [5, 5.41) is 15.3. The first-order valence-electron chi connectivity index (χ1n) is 21.9. The first kappa shape index (κ1) is 43.4. The first-order chi connectivity index (χ1) is 30.8. The Morgan fingerprint density at radius 3 is 2.47 bits per heavy atom. The number of carbonyl (C=O) groups is 5. The van der Waals surface area contributed by atoms with Crippen LogP contribution in [0.2, 0.25) is 10.0 Å². The molecule has 2 saturated heterocycles. The number of halogens is 3. The van der Waals surface area contributed by atoms with Crippen molar-refractivity contribution in [2.75, 3.05) is 17.2 Å². The van der Waals surface area contributed by atoms with Crippen LogP contribution in [0.25, 0.3) is 11.0 Å². The molecule has 4 atom stereocenters. The molecule has 0 bridgehead atoms. The summed E-state index contributed by atoms with van der Waals surface area (Å²) in [4.78, 5) is 80.0. The number of rotatable bonds is 11. The molecule has 1 unspecified atom stereocenters. The quantitative estimate of drug-likeness (QED) is 0.0690. The van der Waals surface area contributed by atoms with E-state index in [1.54, 1.807) is 55.6 Å². The van der Waals surface area contributed by atoms with Gasteiger partial charge in [-0.2, -0.15) is 0 Å². The molecule has 5 aromatic rings. The predicted molar refractivity (Wildman–Crippen MR) is 242 cm³/mol. The summed E-state index contributed by atoms with van der Waals surface area (Å²) in [6.45, 7) is 0.426. The van der Waals surface area contributed by atoms with Crippen molar-refractivity contribution in [1.82, 2.24) is 25.1 Å². The molecule has 4 aromatic carbocycles. The molecule has 13 nitrogen and oxygen atoms in total. The number of unbranched alkanes of at least 4 members (excludes halogenated alkanes) is 2. The van der Waals surface area contributed by atoms with E-state index < -0.39 is 46.6 Å². The van der Waals surface area contributed by atoms with Gasteiger partial charge in [-0.15, -0.1) is 0 Å². The Morgan fingerprint density at radius 2 is 1.67 bits per heavy atom. The van der Waals surface area contributed by atoms with Gasteiger partial charge in [-0.3, -0.25) is 43.7 Å². The second-order valence-electron chi connectivity index (χ2n) is 17.5. The maximum Gasteiger partial charge on any atom is 0.329 e. The molecule has 9 rings (SSSR count). The third-order valence-corrected chi connectivity index (χ3v) is 14.3. The van der Waals surface area contributed by atoms with Crippen LogP contribution >= 0.6 is 23.2 Å². The molecule has 2 spiro atoms. The van der Waals surface area contributed by atoms with E-state index >= 15 is 4.39 Å². The van der Waals surface area contributed by atoms with Gasteiger partial charge < -0.3 is 16.0 Å². The van der Waals surface area contributed by atoms with E-state index in [2.05, 4.69) is 26.6 Å². The van der Waals surface area contributed by atoms with E-state index in [1.165, 1.54) is 15.2 Å². The molecule has 1 saturated carbocycles. The van der Waals surface area contributed by atoms with E-state index in [-0.39, 0.29) is 46.8 Å². The number of aryl methyl sites for hydroxylation is 2. The van der Waals surface area contributed by atoms with Gasteiger partial charge in [0.1, 0.15) is 17.3 Å². The van der Waals surface area contributed by atoms with Gasteiger partial charge in [0.05, 0.1) is 22.1 Å². The summed E-state index contributed by atoms with van der Waals surface area (Å²) >= 11 is 12.8. The molecule has 5 amide bonds. The van der Waals surface area contributed by atoms with Gasteiger partial charge in [0.2, 0.25) is 23.6 Å². The number of imidazole rings is 1. The van der Waals surface area contributed by atoms with Crippen LogP contribution in [-0.4, -0.2) is 56.8 Å². The van der Waals surface area contributed by atoms with Gasteiger partial charge in [-0.05, 0) is 104 Å². The average Bonchev–Trinajstić information content (AvgIpc) is 3.83. The SMILES string of the molecule is Cn1c(=O)n(C2CCC(=O)NC2=O)c2ccc(CCCCCNC(=O)c3cccc(NC(=O)[C@@H]4NC5(CCCCC5)[C@@]5(C(=O)Nc6cc(Cl)ccc65)[C@H]4c4cccc(Cl)c4F)c3)cc21. The topological polar surface area (TPSA) is 172 Å². The Hall–Kier alpha value is -5.83. The summed E-state index contributed by atoms with van der Waals surface area (Å²) in [5.74, 6) is -3.61. The molecule has 16 heteroatoms. The Morgan fingerprint density at radius 1 is 0.875 bits per heavy atom. The lowest BCUT2D eigenvalue weighted by Gasteiger charge is -2.47. The minimum absolute atomic E-state index is 0.114. The van der Waals surface area contributed by atoms with Crippen LogP contribution in [0.4, 0.5) is 15.8 Å². The second-order valence-corrected chi connectivity index (χ2v) is 18.3. The van der Waals surface area contributed by atoms with E-state index in [0.29, 0.717) is 57.9 Å². The first-order valence-corrected chi connectivity index (χ1v) is 22.6. The zero-order valence-corrected chi connectivity index (χ0v) is 36.7. The lowest BCUT2D eigenvalue weighted by molar-refractivity contribution is -0.135. The van der Waals surface area contributed by atoms with Crippen molar-refractivity contribution in [2.24, 2.45) is 7.05 Å². The molecule has 332 valence electrons. The molecule has 0 radical (unpaired) electrons. The van der Waals surface area contributed by atoms with Gasteiger partial charge in [0.25, 0.3) is 5.91 Å². The predicted octanol–water partition coefficient (Wildman–Crippen LogP) is 7.19. The molecule has 1 aliphatic carbocycles. The number of amides is 5. The maximum atomic E-state index is 16.3. The molecule has 5 N–H and O–H groups in total. The van der Waals surface area contributed by atoms with Crippen molar-refractivity contribution in [3.8, 4) is 0 Å². The molecular formula is C48H48Cl2FN7O6. The van der Waals surface area contributed by atoms with Crippen molar-refractivity contribution in [3.63, 3.8) is 0 Å². The minimum Gasteiger partial charge on any atom is -0.352 e. The van der Waals surface area contributed by atoms with Gasteiger partial charge in [0.15, 0.2) is 0 Å². The van der Waals surface area contributed by atoms with Crippen LogP contribution in [-0.2, 0) is 38.1 Å². The Bertz CT molecular complexity index is 2800. The van der Waals surface area contributed by atoms with Crippen LogP contribution in [0.1, 0.15) is 103 Å². The number of aromatic nitrogens is 2. The number of anilines is 2. The normalized spacial score (nSPS) is 22.4. The van der Waals surface area contributed by atoms with Crippen molar-refractivity contribution in [2.45, 2.75) is 99.6 Å². The fraction of sp³-hybridized carbons (Fsp3) is 0.375. The summed E-state index contributed by atoms with van der Waals surface area (Å²) in [6, 6.07) is 20.5. The number of hydrogen-bond acceptors (Lipinski definition) is 7. The average molecular weight is 909 g/mol. The third-order valence-electron chi connectivity index (χ3n) is 13.8. The third kappa shape index (κ3) is 7.38. The molecule has 3 aliphatic heterocycles. The summed E-state index contributed by atoms with van der Waals surface area (Å²) in [5.41, 5.74) is 1.87. The molecule has 64 heavy (non-hydrogen) atoms. The minimum atomic E-state index is -1.37. The highest BCUT2D eigenvalue weighted by Crippen LogP contribution is 2.63. The van der Waals surface area contributed by atoms with E-state index in [9.17, 15) is 28.8 Å². The Labute approximate surface area is 378 Å². The van der Waals surface area contributed by atoms with Crippen molar-refractivity contribution in [3.05, 3.63) is 127 Å². The molecular weight excluding hydrogens is 860 g/mol. The number of piperidine rings is 1. The van der Waals surface area contributed by atoms with Crippen LogP contribution in [0.15, 0.2) is 83.7 Å². The van der Waals surface area contributed by atoms with Crippen LogP contribution in [0, 0.1) is 5.82 Å². The number of hydrogen-bond donors (Lipinski definition) is 5. The maximum absolute atomic E-state index is 16.3. The fourth-order valence-corrected chi connectivity index (χ4v) is 11.3. The van der Waals surface area contributed by atoms with E-state index in [4.69, 9.17) is 23.2 Å². The lowest BCUT2D eigenvalue weighted by Crippen LogP contribution is -2.60. The Balaban J connectivity index is 0.863. The zero-order valence-electron chi connectivity index (χ0n) is 35.2. The molecule has 1 aromatic heterocycles. The second kappa shape index (κ2) is 17.3. The van der Waals surface area contributed by atoms with Crippen molar-refractivity contribution < 1.29 is 28.4 Å².